The highest BCUT2D eigenvalue weighted by atomic mass is 19.4. The summed E-state index contributed by atoms with van der Waals surface area (Å²) in [6.07, 6.45) is -1.71. The maximum atomic E-state index is 12.6. The minimum Gasteiger partial charge on any atom is -0.496 e. The first kappa shape index (κ1) is 26.6. The lowest BCUT2D eigenvalue weighted by molar-refractivity contribution is -0.274. The number of alkyl halides is 3. The maximum Gasteiger partial charge on any atom is 0.573 e. The van der Waals surface area contributed by atoms with Crippen molar-refractivity contribution in [2.75, 3.05) is 19.5 Å². The van der Waals surface area contributed by atoms with Gasteiger partial charge in [-0.2, -0.15) is 0 Å². The van der Waals surface area contributed by atoms with Gasteiger partial charge in [-0.15, -0.1) is 13.2 Å². The van der Waals surface area contributed by atoms with Crippen LogP contribution in [-0.4, -0.2) is 36.1 Å². The number of aromatic nitrogens is 2. The average molecular weight is 520 g/mol. The lowest BCUT2D eigenvalue weighted by Gasteiger charge is -2.40. The van der Waals surface area contributed by atoms with Crippen molar-refractivity contribution in [3.63, 3.8) is 0 Å². The van der Waals surface area contributed by atoms with Gasteiger partial charge >= 0.3 is 12.3 Å². The van der Waals surface area contributed by atoms with Crippen molar-refractivity contribution >= 4 is 28.6 Å². The zero-order valence-corrected chi connectivity index (χ0v) is 21.6. The van der Waals surface area contributed by atoms with Crippen LogP contribution in [0.25, 0.3) is 11.0 Å². The maximum absolute atomic E-state index is 12.6. The largest absolute Gasteiger partial charge is 0.573 e. The molecule has 1 aromatic heterocycles. The molecular formula is C27H32F3N3O4. The summed E-state index contributed by atoms with van der Waals surface area (Å²) in [5.74, 6) is 0.929. The van der Waals surface area contributed by atoms with Gasteiger partial charge in [0.15, 0.2) is 0 Å². The van der Waals surface area contributed by atoms with Crippen LogP contribution in [0.3, 0.4) is 0 Å². The van der Waals surface area contributed by atoms with Gasteiger partial charge in [-0.3, -0.25) is 4.79 Å². The average Bonchev–Trinajstić information content (AvgIpc) is 3.13. The van der Waals surface area contributed by atoms with Crippen LogP contribution < -0.4 is 14.8 Å². The van der Waals surface area contributed by atoms with Crippen LogP contribution in [-0.2, 0) is 16.0 Å². The number of fused-ring (bicyclic) bond motifs is 1. The van der Waals surface area contributed by atoms with E-state index < -0.39 is 6.36 Å². The van der Waals surface area contributed by atoms with E-state index in [9.17, 15) is 18.0 Å². The number of hydrogen-bond donors (Lipinski definition) is 1. The molecule has 2 aromatic carbocycles. The predicted octanol–water partition coefficient (Wildman–Crippen LogP) is 6.79. The molecule has 1 fully saturated rings. The van der Waals surface area contributed by atoms with Gasteiger partial charge in [-0.05, 0) is 60.9 Å². The van der Waals surface area contributed by atoms with Crippen molar-refractivity contribution in [1.82, 2.24) is 9.55 Å². The van der Waals surface area contributed by atoms with E-state index in [2.05, 4.69) is 35.4 Å². The SMILES string of the molecule is COC(=O)Cc1cc2nc(Nc3ccc(OC(F)(F)F)cc3)n([C@@H]3C[C@H](C)CC(C)(C)C3)c2cc1OC. The molecule has 1 aliphatic carbocycles. The number of halogens is 3. The molecule has 3 aromatic rings. The quantitative estimate of drug-likeness (QED) is 0.347. The topological polar surface area (TPSA) is 74.6 Å². The van der Waals surface area contributed by atoms with Gasteiger partial charge in [0.25, 0.3) is 0 Å². The third-order valence-corrected chi connectivity index (χ3v) is 6.73. The van der Waals surface area contributed by atoms with Gasteiger partial charge in [0, 0.05) is 23.4 Å². The van der Waals surface area contributed by atoms with Crippen LogP contribution in [0.5, 0.6) is 11.5 Å². The molecule has 10 heteroatoms. The minimum absolute atomic E-state index is 0.0411. The molecule has 0 spiro atoms. The van der Waals surface area contributed by atoms with Crippen molar-refractivity contribution in [2.45, 2.75) is 58.9 Å². The number of nitrogens with one attached hydrogen (secondary N) is 1. The van der Waals surface area contributed by atoms with Crippen molar-refractivity contribution in [1.29, 1.82) is 0 Å². The number of ether oxygens (including phenoxy) is 3. The minimum atomic E-state index is -4.76. The first-order valence-corrected chi connectivity index (χ1v) is 12.2. The molecule has 0 bridgehead atoms. The number of nitrogens with zero attached hydrogens (tertiary/aromatic N) is 2. The molecule has 0 unspecified atom stereocenters. The third kappa shape index (κ3) is 6.29. The Balaban J connectivity index is 1.78. The van der Waals surface area contributed by atoms with Gasteiger partial charge in [-0.25, -0.2) is 4.98 Å². The lowest BCUT2D eigenvalue weighted by atomic mass is 9.70. The fourth-order valence-corrected chi connectivity index (χ4v) is 5.54. The summed E-state index contributed by atoms with van der Waals surface area (Å²) in [5, 5.41) is 3.28. The third-order valence-electron chi connectivity index (χ3n) is 6.73. The van der Waals surface area contributed by atoms with E-state index in [1.165, 1.54) is 31.4 Å². The Morgan fingerprint density at radius 1 is 1.16 bits per heavy atom. The zero-order chi connectivity index (χ0) is 27.0. The van der Waals surface area contributed by atoms with Crippen LogP contribution in [0.2, 0.25) is 0 Å². The molecule has 0 saturated heterocycles. The first-order valence-electron chi connectivity index (χ1n) is 12.2. The number of esters is 1. The normalized spacial score (nSPS) is 19.5. The van der Waals surface area contributed by atoms with Gasteiger partial charge in [-0.1, -0.05) is 20.8 Å². The van der Waals surface area contributed by atoms with E-state index >= 15 is 0 Å². The molecule has 4 rings (SSSR count). The Morgan fingerprint density at radius 3 is 2.46 bits per heavy atom. The number of carbonyl (C=O) groups excluding carboxylic acids is 1. The second-order valence-corrected chi connectivity index (χ2v) is 10.5. The van der Waals surface area contributed by atoms with Crippen molar-refractivity contribution in [2.24, 2.45) is 11.3 Å². The second kappa shape index (κ2) is 10.1. The van der Waals surface area contributed by atoms with Gasteiger partial charge in [0.2, 0.25) is 5.95 Å². The molecule has 1 N–H and O–H groups in total. The molecule has 0 radical (unpaired) electrons. The van der Waals surface area contributed by atoms with E-state index in [1.807, 2.05) is 12.1 Å². The summed E-state index contributed by atoms with van der Waals surface area (Å²) in [6, 6.07) is 9.39. The second-order valence-electron chi connectivity index (χ2n) is 10.5. The smallest absolute Gasteiger partial charge is 0.496 e. The summed E-state index contributed by atoms with van der Waals surface area (Å²) in [6.45, 7) is 6.77. The number of anilines is 2. The van der Waals surface area contributed by atoms with E-state index in [-0.39, 0.29) is 29.6 Å². The van der Waals surface area contributed by atoms with Gasteiger partial charge in [0.05, 0.1) is 31.7 Å². The summed E-state index contributed by atoms with van der Waals surface area (Å²) in [5.41, 5.74) is 2.87. The molecule has 1 aliphatic rings. The number of imidazole rings is 1. The number of rotatable bonds is 7. The van der Waals surface area contributed by atoms with Gasteiger partial charge < -0.3 is 24.1 Å². The Hall–Kier alpha value is -3.43. The van der Waals surface area contributed by atoms with Crippen molar-refractivity contribution < 1.29 is 32.2 Å². The Bertz CT molecular complexity index is 1270. The van der Waals surface area contributed by atoms with Crippen LogP contribution in [0.1, 0.15) is 51.6 Å². The summed E-state index contributed by atoms with van der Waals surface area (Å²) in [4.78, 5) is 16.8. The monoisotopic (exact) mass is 519 g/mol. The fraction of sp³-hybridized carbons (Fsp3) is 0.481. The fourth-order valence-electron chi connectivity index (χ4n) is 5.54. The molecule has 2 atom stereocenters. The predicted molar refractivity (Wildman–Crippen MR) is 134 cm³/mol. The highest BCUT2D eigenvalue weighted by Gasteiger charge is 2.35. The number of carbonyl (C=O) groups is 1. The van der Waals surface area contributed by atoms with E-state index in [0.717, 1.165) is 24.8 Å². The molecule has 0 aliphatic heterocycles. The molecule has 1 saturated carbocycles. The summed E-state index contributed by atoms with van der Waals surface area (Å²) < 4.78 is 54.3. The highest BCUT2D eigenvalue weighted by Crippen LogP contribution is 2.46. The van der Waals surface area contributed by atoms with Crippen LogP contribution >= 0.6 is 0 Å². The van der Waals surface area contributed by atoms with Crippen LogP contribution in [0, 0.1) is 11.3 Å². The summed E-state index contributed by atoms with van der Waals surface area (Å²) in [7, 11) is 2.89. The number of benzene rings is 2. The summed E-state index contributed by atoms with van der Waals surface area (Å²) >= 11 is 0. The molecule has 7 nitrogen and oxygen atoms in total. The Morgan fingerprint density at radius 2 is 1.86 bits per heavy atom. The van der Waals surface area contributed by atoms with Crippen molar-refractivity contribution in [3.8, 4) is 11.5 Å². The van der Waals surface area contributed by atoms with E-state index in [4.69, 9.17) is 14.5 Å². The molecule has 200 valence electrons. The first-order chi connectivity index (χ1) is 17.4. The standard InChI is InChI=1S/C27H32F3N3O4/c1-16-10-19(15-26(2,3)14-16)33-22-13-23(35-4)17(12-24(34)36-5)11-21(22)32-25(33)31-18-6-8-20(9-7-18)37-27(28,29)30/h6-9,11,13,16,19H,10,12,14-15H2,1-5H3,(H,31,32)/t16-,19+/m0/s1. The van der Waals surface area contributed by atoms with Crippen LogP contribution in [0.15, 0.2) is 36.4 Å². The van der Waals surface area contributed by atoms with Gasteiger partial charge in [0.1, 0.15) is 11.5 Å². The number of hydrogen-bond acceptors (Lipinski definition) is 6. The van der Waals surface area contributed by atoms with E-state index in [1.54, 1.807) is 7.11 Å². The van der Waals surface area contributed by atoms with Crippen molar-refractivity contribution in [3.05, 3.63) is 42.0 Å². The molecule has 37 heavy (non-hydrogen) atoms. The number of methoxy groups -OCH3 is 2. The molecular weight excluding hydrogens is 487 g/mol. The zero-order valence-electron chi connectivity index (χ0n) is 21.6. The Labute approximate surface area is 213 Å². The Kier molecular flexibility index (Phi) is 7.30. The molecule has 1 heterocycles. The van der Waals surface area contributed by atoms with Crippen LogP contribution in [0.4, 0.5) is 24.8 Å². The van der Waals surface area contributed by atoms with E-state index in [0.29, 0.717) is 34.4 Å². The highest BCUT2D eigenvalue weighted by molar-refractivity contribution is 5.84. The molecule has 0 amide bonds. The lowest BCUT2D eigenvalue weighted by Crippen LogP contribution is -2.29.